The van der Waals surface area contributed by atoms with Crippen LogP contribution >= 0.6 is 23.4 Å². The first kappa shape index (κ1) is 27.8. The number of furan rings is 1. The molecule has 2 heterocycles. The third-order valence-corrected chi connectivity index (χ3v) is 8.22. The molecule has 2 aromatic heterocycles. The number of hydrogen-bond donors (Lipinski definition) is 1. The van der Waals surface area contributed by atoms with Gasteiger partial charge >= 0.3 is 6.03 Å². The number of benzene rings is 4. The van der Waals surface area contributed by atoms with Crippen LogP contribution in [0.1, 0.15) is 16.9 Å². The summed E-state index contributed by atoms with van der Waals surface area (Å²) in [4.78, 5) is 21.0. The first-order valence-electron chi connectivity index (χ1n) is 13.4. The number of carbonyl (C=O) groups excluding carboxylic acids is 1. The Morgan fingerprint density at radius 2 is 1.79 bits per heavy atom. The maximum Gasteiger partial charge on any atom is 0.322 e. The SMILES string of the molecule is CSc1ccc2ncccc2c1NC(=O)N(Cc1ccccc1F)Cc1oc2ccc(C)cc2c1-c1ccc(Cl)cc1. The lowest BCUT2D eigenvalue weighted by molar-refractivity contribution is 0.201. The Kier molecular flexibility index (Phi) is 7.87. The van der Waals surface area contributed by atoms with Crippen molar-refractivity contribution in [2.75, 3.05) is 11.6 Å². The van der Waals surface area contributed by atoms with Gasteiger partial charge in [-0.25, -0.2) is 9.18 Å². The fourth-order valence-corrected chi connectivity index (χ4v) is 5.82. The van der Waals surface area contributed by atoms with Gasteiger partial charge in [-0.2, -0.15) is 0 Å². The van der Waals surface area contributed by atoms with Crippen LogP contribution < -0.4 is 5.32 Å². The molecule has 8 heteroatoms. The van der Waals surface area contributed by atoms with Crippen molar-refractivity contribution in [1.82, 2.24) is 9.88 Å². The molecule has 0 atom stereocenters. The van der Waals surface area contributed by atoms with Crippen molar-refractivity contribution < 1.29 is 13.6 Å². The first-order chi connectivity index (χ1) is 20.4. The molecule has 0 spiro atoms. The number of hydrogen-bond acceptors (Lipinski definition) is 4. The molecular formula is C34H27ClFN3O2S. The maximum atomic E-state index is 14.9. The lowest BCUT2D eigenvalue weighted by Gasteiger charge is -2.24. The highest BCUT2D eigenvalue weighted by Gasteiger charge is 2.24. The molecule has 0 saturated carbocycles. The van der Waals surface area contributed by atoms with E-state index in [0.717, 1.165) is 37.9 Å². The standard InChI is InChI=1S/C34H27ClFN3O2S/c1-21-9-15-29-26(18-21)32(22-10-12-24(35)13-11-22)30(41-29)20-39(19-23-6-3-4-8-27(23)36)34(40)38-33-25-7-5-17-37-28(25)14-16-31(33)42-2/h3-18H,19-20H2,1-2H3,(H,38,40). The van der Waals surface area contributed by atoms with E-state index in [1.807, 2.05) is 73.8 Å². The summed E-state index contributed by atoms with van der Waals surface area (Å²) in [5, 5.41) is 5.50. The van der Waals surface area contributed by atoms with E-state index in [1.54, 1.807) is 29.3 Å². The average Bonchev–Trinajstić information content (AvgIpc) is 3.35. The summed E-state index contributed by atoms with van der Waals surface area (Å²) in [7, 11) is 0. The van der Waals surface area contributed by atoms with Crippen LogP contribution in [0.3, 0.4) is 0 Å². The first-order valence-corrected chi connectivity index (χ1v) is 15.0. The van der Waals surface area contributed by atoms with Crippen molar-refractivity contribution in [3.63, 3.8) is 0 Å². The zero-order valence-electron chi connectivity index (χ0n) is 23.0. The van der Waals surface area contributed by atoms with E-state index >= 15 is 0 Å². The number of anilines is 1. The smallest absolute Gasteiger partial charge is 0.322 e. The van der Waals surface area contributed by atoms with Crippen molar-refractivity contribution in [2.45, 2.75) is 24.9 Å². The van der Waals surface area contributed by atoms with Gasteiger partial charge in [0.1, 0.15) is 17.2 Å². The fraction of sp³-hybridized carbons (Fsp3) is 0.118. The number of nitrogens with zero attached hydrogens (tertiary/aromatic N) is 2. The minimum atomic E-state index is -0.386. The molecule has 5 nitrogen and oxygen atoms in total. The van der Waals surface area contributed by atoms with Gasteiger partial charge in [0.2, 0.25) is 0 Å². The van der Waals surface area contributed by atoms with E-state index in [9.17, 15) is 9.18 Å². The highest BCUT2D eigenvalue weighted by molar-refractivity contribution is 7.98. The Bertz CT molecular complexity index is 1920. The third kappa shape index (κ3) is 5.58. The number of pyridine rings is 1. The summed E-state index contributed by atoms with van der Waals surface area (Å²) in [6, 6.07) is 27.3. The van der Waals surface area contributed by atoms with Crippen molar-refractivity contribution in [3.05, 3.63) is 125 Å². The van der Waals surface area contributed by atoms with Gasteiger partial charge in [-0.3, -0.25) is 4.98 Å². The molecule has 0 aliphatic heterocycles. The van der Waals surface area contributed by atoms with Gasteiger partial charge in [0.05, 0.1) is 24.3 Å². The monoisotopic (exact) mass is 595 g/mol. The highest BCUT2D eigenvalue weighted by Crippen LogP contribution is 2.38. The number of nitrogens with one attached hydrogen (secondary N) is 1. The molecule has 0 radical (unpaired) electrons. The molecule has 2 amide bonds. The molecule has 0 unspecified atom stereocenters. The average molecular weight is 596 g/mol. The van der Waals surface area contributed by atoms with E-state index in [-0.39, 0.29) is 24.9 Å². The van der Waals surface area contributed by atoms with Gasteiger partial charge in [-0.15, -0.1) is 11.8 Å². The van der Waals surface area contributed by atoms with E-state index in [1.165, 1.54) is 17.8 Å². The quantitative estimate of drug-likeness (QED) is 0.187. The molecule has 42 heavy (non-hydrogen) atoms. The minimum absolute atomic E-state index is 0.0340. The van der Waals surface area contributed by atoms with Gasteiger partial charge in [-0.1, -0.05) is 53.6 Å². The van der Waals surface area contributed by atoms with Crippen LogP contribution in [0.5, 0.6) is 0 Å². The predicted octanol–water partition coefficient (Wildman–Crippen LogP) is 9.71. The molecular weight excluding hydrogens is 569 g/mol. The lowest BCUT2D eigenvalue weighted by atomic mass is 10.0. The molecule has 0 bridgehead atoms. The van der Waals surface area contributed by atoms with Crippen LogP contribution in [0.2, 0.25) is 5.02 Å². The normalized spacial score (nSPS) is 11.2. The number of rotatable bonds is 7. The highest BCUT2D eigenvalue weighted by atomic mass is 35.5. The van der Waals surface area contributed by atoms with E-state index in [4.69, 9.17) is 16.0 Å². The summed E-state index contributed by atoms with van der Waals surface area (Å²) < 4.78 is 21.3. The molecule has 4 aromatic carbocycles. The van der Waals surface area contributed by atoms with E-state index in [2.05, 4.69) is 16.4 Å². The van der Waals surface area contributed by atoms with Crippen LogP contribution in [-0.4, -0.2) is 22.2 Å². The zero-order valence-corrected chi connectivity index (χ0v) is 24.6. The molecule has 6 rings (SSSR count). The van der Waals surface area contributed by atoms with E-state index in [0.29, 0.717) is 27.6 Å². The van der Waals surface area contributed by atoms with Crippen molar-refractivity contribution in [3.8, 4) is 11.1 Å². The molecule has 0 aliphatic carbocycles. The number of fused-ring (bicyclic) bond motifs is 2. The Labute approximate surface area is 252 Å². The van der Waals surface area contributed by atoms with Gasteiger partial charge in [0.25, 0.3) is 0 Å². The molecule has 1 N–H and O–H groups in total. The topological polar surface area (TPSA) is 58.4 Å². The number of halogens is 2. The van der Waals surface area contributed by atoms with Crippen molar-refractivity contribution in [2.24, 2.45) is 0 Å². The van der Waals surface area contributed by atoms with Gasteiger partial charge in [0.15, 0.2) is 0 Å². The van der Waals surface area contributed by atoms with Gasteiger partial charge < -0.3 is 14.6 Å². The maximum absolute atomic E-state index is 14.9. The van der Waals surface area contributed by atoms with Crippen LogP contribution in [0.15, 0.2) is 107 Å². The third-order valence-electron chi connectivity index (χ3n) is 7.19. The summed E-state index contributed by atoms with van der Waals surface area (Å²) in [6.45, 7) is 2.16. The Morgan fingerprint density at radius 1 is 0.976 bits per heavy atom. The number of thioether (sulfide) groups is 1. The Hall–Kier alpha value is -4.33. The largest absolute Gasteiger partial charge is 0.459 e. The van der Waals surface area contributed by atoms with E-state index < -0.39 is 0 Å². The number of aryl methyl sites for hydroxylation is 1. The fourth-order valence-electron chi connectivity index (χ4n) is 5.13. The predicted molar refractivity (Wildman–Crippen MR) is 170 cm³/mol. The lowest BCUT2D eigenvalue weighted by Crippen LogP contribution is -2.34. The second-order valence-corrected chi connectivity index (χ2v) is 11.3. The second-order valence-electron chi connectivity index (χ2n) is 10.00. The number of amides is 2. The zero-order chi connectivity index (χ0) is 29.2. The number of carbonyl (C=O) groups is 1. The molecule has 210 valence electrons. The molecule has 0 fully saturated rings. The molecule has 0 saturated heterocycles. The van der Waals surface area contributed by atoms with Gasteiger partial charge in [0, 0.05) is 38.0 Å². The van der Waals surface area contributed by atoms with Crippen LogP contribution in [-0.2, 0) is 13.1 Å². The molecule has 0 aliphatic rings. The second kappa shape index (κ2) is 11.9. The number of aromatic nitrogens is 1. The van der Waals surface area contributed by atoms with Gasteiger partial charge in [-0.05, 0) is 73.3 Å². The summed E-state index contributed by atoms with van der Waals surface area (Å²) >= 11 is 7.73. The Balaban J connectivity index is 1.45. The van der Waals surface area contributed by atoms with Crippen molar-refractivity contribution >= 4 is 57.0 Å². The minimum Gasteiger partial charge on any atom is -0.459 e. The summed E-state index contributed by atoms with van der Waals surface area (Å²) in [6.07, 6.45) is 3.68. The summed E-state index contributed by atoms with van der Waals surface area (Å²) in [5.74, 6) is 0.210. The van der Waals surface area contributed by atoms with Crippen LogP contribution in [0.4, 0.5) is 14.9 Å². The van der Waals surface area contributed by atoms with Crippen molar-refractivity contribution in [1.29, 1.82) is 0 Å². The molecule has 6 aromatic rings. The summed E-state index contributed by atoms with van der Waals surface area (Å²) in [5.41, 5.74) is 5.40. The number of urea groups is 1. The van der Waals surface area contributed by atoms with Crippen LogP contribution in [0.25, 0.3) is 33.0 Å². The Morgan fingerprint density at radius 3 is 2.57 bits per heavy atom. The van der Waals surface area contributed by atoms with Crippen LogP contribution in [0, 0.1) is 12.7 Å².